The summed E-state index contributed by atoms with van der Waals surface area (Å²) in [5.74, 6) is 1.55. The summed E-state index contributed by atoms with van der Waals surface area (Å²) >= 11 is 3.55. The van der Waals surface area contributed by atoms with Crippen LogP contribution in [0.1, 0.15) is 20.3 Å². The second-order valence-corrected chi connectivity index (χ2v) is 6.60. The van der Waals surface area contributed by atoms with E-state index in [1.165, 1.54) is 0 Å². The van der Waals surface area contributed by atoms with Crippen LogP contribution in [0.4, 0.5) is 5.69 Å². The van der Waals surface area contributed by atoms with Gasteiger partial charge in [-0.2, -0.15) is 0 Å². The second kappa shape index (κ2) is 4.56. The molecule has 0 aromatic heterocycles. The third-order valence-electron chi connectivity index (χ3n) is 4.18. The number of nitrogens with one attached hydrogen (secondary N) is 1. The number of hydrogen-bond acceptors (Lipinski definition) is 4. The van der Waals surface area contributed by atoms with Crippen molar-refractivity contribution in [2.45, 2.75) is 32.4 Å². The minimum absolute atomic E-state index is 0.104. The Bertz CT molecular complexity index is 504. The van der Waals surface area contributed by atoms with E-state index < -0.39 is 0 Å². The van der Waals surface area contributed by atoms with Gasteiger partial charge in [-0.15, -0.1) is 0 Å². The lowest BCUT2D eigenvalue weighted by molar-refractivity contribution is -0.0510. The Morgan fingerprint density at radius 2 is 1.89 bits per heavy atom. The fraction of sp³-hybridized carbons (Fsp3) is 0.571. The fourth-order valence-electron chi connectivity index (χ4n) is 2.51. The Hall–Kier alpha value is -0.940. The quantitative estimate of drug-likeness (QED) is 0.877. The van der Waals surface area contributed by atoms with E-state index in [0.717, 1.165) is 28.1 Å². The van der Waals surface area contributed by atoms with Crippen LogP contribution < -0.4 is 14.8 Å². The summed E-state index contributed by atoms with van der Waals surface area (Å²) in [4.78, 5) is 0. The van der Waals surface area contributed by atoms with Gasteiger partial charge in [0.05, 0.1) is 11.8 Å². The summed E-state index contributed by atoms with van der Waals surface area (Å²) in [6.45, 7) is 5.32. The van der Waals surface area contributed by atoms with Gasteiger partial charge in [-0.05, 0) is 22.4 Å². The van der Waals surface area contributed by atoms with Crippen molar-refractivity contribution in [2.75, 3.05) is 18.5 Å². The lowest BCUT2D eigenvalue weighted by Crippen LogP contribution is -2.56. The van der Waals surface area contributed by atoms with E-state index in [-0.39, 0.29) is 17.6 Å². The van der Waals surface area contributed by atoms with Crippen LogP contribution in [0.3, 0.4) is 0 Å². The average Bonchev–Trinajstić information content (AvgIpc) is 2.39. The van der Waals surface area contributed by atoms with Crippen LogP contribution in [0, 0.1) is 5.41 Å². The van der Waals surface area contributed by atoms with Crippen LogP contribution in [0.2, 0.25) is 0 Å². The molecule has 1 aliphatic carbocycles. The van der Waals surface area contributed by atoms with E-state index in [1.807, 2.05) is 12.1 Å². The van der Waals surface area contributed by atoms with Crippen LogP contribution in [0.25, 0.3) is 0 Å². The smallest absolute Gasteiger partial charge is 0.163 e. The molecule has 4 nitrogen and oxygen atoms in total. The molecule has 19 heavy (non-hydrogen) atoms. The highest BCUT2D eigenvalue weighted by Crippen LogP contribution is 2.45. The topological polar surface area (TPSA) is 50.7 Å². The van der Waals surface area contributed by atoms with Crippen molar-refractivity contribution < 1.29 is 14.6 Å². The van der Waals surface area contributed by atoms with Gasteiger partial charge >= 0.3 is 0 Å². The molecule has 2 atom stereocenters. The number of fused-ring (bicyclic) bond motifs is 1. The van der Waals surface area contributed by atoms with Gasteiger partial charge < -0.3 is 19.9 Å². The molecule has 0 saturated heterocycles. The molecule has 1 aromatic rings. The zero-order valence-electron chi connectivity index (χ0n) is 11.1. The van der Waals surface area contributed by atoms with Crippen molar-refractivity contribution in [3.8, 4) is 11.5 Å². The SMILES string of the molecule is CC1(C)C(O)CC1Nc1cc2c(cc1Br)OCCO2. The minimum atomic E-state index is -0.235. The summed E-state index contributed by atoms with van der Waals surface area (Å²) in [5, 5.41) is 13.3. The highest BCUT2D eigenvalue weighted by atomic mass is 79.9. The van der Waals surface area contributed by atoms with Gasteiger partial charge in [-0.25, -0.2) is 0 Å². The Balaban J connectivity index is 1.82. The van der Waals surface area contributed by atoms with Gasteiger partial charge in [-0.3, -0.25) is 0 Å². The molecular formula is C14H18BrNO3. The third kappa shape index (κ3) is 2.19. The first-order chi connectivity index (χ1) is 8.98. The molecule has 0 bridgehead atoms. The van der Waals surface area contributed by atoms with Crippen LogP contribution in [0.15, 0.2) is 16.6 Å². The molecule has 0 amide bonds. The standard InChI is InChI=1S/C14H18BrNO3/c1-14(2)12(7-13(14)17)16-9-6-11-10(5-8(9)15)18-3-4-19-11/h5-6,12-13,16-17H,3-4,7H2,1-2H3. The Labute approximate surface area is 121 Å². The molecule has 5 heteroatoms. The molecular weight excluding hydrogens is 310 g/mol. The molecule has 0 spiro atoms. The van der Waals surface area contributed by atoms with Crippen molar-refractivity contribution in [2.24, 2.45) is 5.41 Å². The molecule has 1 heterocycles. The van der Waals surface area contributed by atoms with Gasteiger partial charge in [0, 0.05) is 28.1 Å². The first-order valence-electron chi connectivity index (χ1n) is 6.52. The number of hydrogen-bond donors (Lipinski definition) is 2. The second-order valence-electron chi connectivity index (χ2n) is 5.75. The highest BCUT2D eigenvalue weighted by Gasteiger charge is 2.47. The van der Waals surface area contributed by atoms with Gasteiger partial charge in [0.1, 0.15) is 13.2 Å². The monoisotopic (exact) mass is 327 g/mol. The lowest BCUT2D eigenvalue weighted by Gasteiger charge is -2.50. The Kier molecular flexibility index (Phi) is 3.14. The highest BCUT2D eigenvalue weighted by molar-refractivity contribution is 9.10. The van der Waals surface area contributed by atoms with Gasteiger partial charge in [0.15, 0.2) is 11.5 Å². The fourth-order valence-corrected chi connectivity index (χ4v) is 2.95. The summed E-state index contributed by atoms with van der Waals surface area (Å²) in [5.41, 5.74) is 0.876. The summed E-state index contributed by atoms with van der Waals surface area (Å²) in [6.07, 6.45) is 0.537. The number of aliphatic hydroxyl groups is 1. The van der Waals surface area contributed by atoms with Crippen LogP contribution in [0.5, 0.6) is 11.5 Å². The Morgan fingerprint density at radius 1 is 1.26 bits per heavy atom. The normalized spacial score (nSPS) is 27.6. The molecule has 0 radical (unpaired) electrons. The van der Waals surface area contributed by atoms with E-state index in [0.29, 0.717) is 13.2 Å². The third-order valence-corrected chi connectivity index (χ3v) is 4.83. The van der Waals surface area contributed by atoms with Crippen LogP contribution in [-0.4, -0.2) is 30.5 Å². The van der Waals surface area contributed by atoms with Crippen molar-refractivity contribution in [3.63, 3.8) is 0 Å². The first kappa shape index (κ1) is 13.1. The molecule has 1 aromatic carbocycles. The number of benzene rings is 1. The molecule has 3 rings (SSSR count). The van der Waals surface area contributed by atoms with Crippen molar-refractivity contribution in [1.29, 1.82) is 0 Å². The molecule has 2 unspecified atom stereocenters. The maximum absolute atomic E-state index is 9.79. The van der Waals surface area contributed by atoms with E-state index in [4.69, 9.17) is 9.47 Å². The zero-order chi connectivity index (χ0) is 13.6. The first-order valence-corrected chi connectivity index (χ1v) is 7.31. The number of halogens is 1. The summed E-state index contributed by atoms with van der Waals surface area (Å²) < 4.78 is 12.1. The number of ether oxygens (including phenoxy) is 2. The van der Waals surface area contributed by atoms with E-state index in [1.54, 1.807) is 0 Å². The van der Waals surface area contributed by atoms with Crippen molar-refractivity contribution in [3.05, 3.63) is 16.6 Å². The zero-order valence-corrected chi connectivity index (χ0v) is 12.7. The van der Waals surface area contributed by atoms with E-state index >= 15 is 0 Å². The van der Waals surface area contributed by atoms with Crippen LogP contribution >= 0.6 is 15.9 Å². The van der Waals surface area contributed by atoms with Gasteiger partial charge in [0.2, 0.25) is 0 Å². The maximum atomic E-state index is 9.79. The average molecular weight is 328 g/mol. The van der Waals surface area contributed by atoms with E-state index in [2.05, 4.69) is 35.1 Å². The maximum Gasteiger partial charge on any atom is 0.163 e. The number of anilines is 1. The van der Waals surface area contributed by atoms with Crippen molar-refractivity contribution >= 4 is 21.6 Å². The summed E-state index contributed by atoms with van der Waals surface area (Å²) in [7, 11) is 0. The largest absolute Gasteiger partial charge is 0.486 e. The van der Waals surface area contributed by atoms with Crippen molar-refractivity contribution in [1.82, 2.24) is 0 Å². The molecule has 1 aliphatic heterocycles. The lowest BCUT2D eigenvalue weighted by atomic mass is 9.64. The van der Waals surface area contributed by atoms with Crippen LogP contribution in [-0.2, 0) is 0 Å². The molecule has 104 valence electrons. The number of rotatable bonds is 2. The molecule has 2 aliphatic rings. The van der Waals surface area contributed by atoms with Gasteiger partial charge in [-0.1, -0.05) is 13.8 Å². The van der Waals surface area contributed by atoms with Gasteiger partial charge in [0.25, 0.3) is 0 Å². The Morgan fingerprint density at radius 3 is 2.47 bits per heavy atom. The minimum Gasteiger partial charge on any atom is -0.486 e. The summed E-state index contributed by atoms with van der Waals surface area (Å²) in [6, 6.07) is 4.15. The number of aliphatic hydroxyl groups excluding tert-OH is 1. The predicted octanol–water partition coefficient (Wildman–Crippen LogP) is 2.79. The molecule has 2 N–H and O–H groups in total. The molecule has 1 fully saturated rings. The molecule has 1 saturated carbocycles. The van der Waals surface area contributed by atoms with E-state index in [9.17, 15) is 5.11 Å². The predicted molar refractivity (Wildman–Crippen MR) is 76.9 cm³/mol.